The Morgan fingerprint density at radius 2 is 2.22 bits per heavy atom. The smallest absolute Gasteiger partial charge is 0.412 e. The topological polar surface area (TPSA) is 135 Å². The van der Waals surface area contributed by atoms with Crippen LogP contribution in [0, 0.1) is 11.3 Å². The van der Waals surface area contributed by atoms with Gasteiger partial charge < -0.3 is 15.8 Å². The van der Waals surface area contributed by atoms with Crippen LogP contribution in [0.25, 0.3) is 0 Å². The highest BCUT2D eigenvalue weighted by Gasteiger charge is 2.36. The maximum absolute atomic E-state index is 11.5. The lowest BCUT2D eigenvalue weighted by atomic mass is 9.86. The summed E-state index contributed by atoms with van der Waals surface area (Å²) in [6, 6.07) is 2.17. The zero-order valence-electron chi connectivity index (χ0n) is 12.7. The molecule has 1 fully saturated rings. The Kier molecular flexibility index (Phi) is 6.36. The van der Waals surface area contributed by atoms with Crippen LogP contribution in [0.5, 0.6) is 0 Å². The van der Waals surface area contributed by atoms with Gasteiger partial charge in [-0.3, -0.25) is 14.8 Å². The van der Waals surface area contributed by atoms with Crippen molar-refractivity contribution in [3.8, 4) is 6.07 Å². The van der Waals surface area contributed by atoms with Gasteiger partial charge in [0.15, 0.2) is 5.82 Å². The second kappa shape index (κ2) is 7.80. The molecule has 0 aromatic carbocycles. The van der Waals surface area contributed by atoms with Crippen LogP contribution in [0.4, 0.5) is 10.6 Å². The van der Waals surface area contributed by atoms with Crippen LogP contribution in [0.15, 0.2) is 6.20 Å². The number of carbonyl (C=O) groups is 2. The highest BCUT2D eigenvalue weighted by molar-refractivity contribution is 6.00. The van der Waals surface area contributed by atoms with E-state index in [0.717, 1.165) is 13.1 Å². The zero-order chi connectivity index (χ0) is 16.2. The van der Waals surface area contributed by atoms with Crippen LogP contribution in [0.2, 0.25) is 0 Å². The van der Waals surface area contributed by atoms with E-state index in [2.05, 4.69) is 26.5 Å². The molecule has 1 aliphatic rings. The number of primary amides is 1. The van der Waals surface area contributed by atoms with Crippen molar-refractivity contribution >= 4 is 30.2 Å². The fourth-order valence-electron chi connectivity index (χ4n) is 2.56. The predicted octanol–water partition coefficient (Wildman–Crippen LogP) is 0.574. The average molecular weight is 343 g/mol. The molecule has 0 aliphatic carbocycles. The number of methoxy groups -OCH3 is 1. The quantitative estimate of drug-likeness (QED) is 0.732. The van der Waals surface area contributed by atoms with Crippen molar-refractivity contribution < 1.29 is 14.3 Å². The van der Waals surface area contributed by atoms with Gasteiger partial charge in [-0.25, -0.2) is 4.79 Å². The highest BCUT2D eigenvalue weighted by Crippen LogP contribution is 2.32. The lowest BCUT2D eigenvalue weighted by Crippen LogP contribution is -2.44. The lowest BCUT2D eigenvalue weighted by Gasteiger charge is -2.36. The first-order valence-electron chi connectivity index (χ1n) is 6.85. The molecule has 23 heavy (non-hydrogen) atoms. The van der Waals surface area contributed by atoms with Crippen LogP contribution in [0.3, 0.4) is 0 Å². The number of nitriles is 1. The Bertz CT molecular complexity index is 618. The molecule has 1 aromatic rings. The van der Waals surface area contributed by atoms with Gasteiger partial charge in [0.25, 0.3) is 5.91 Å². The van der Waals surface area contributed by atoms with Crippen molar-refractivity contribution in [2.24, 2.45) is 5.73 Å². The van der Waals surface area contributed by atoms with E-state index < -0.39 is 17.5 Å². The van der Waals surface area contributed by atoms with Crippen LogP contribution in [-0.4, -0.2) is 42.0 Å². The van der Waals surface area contributed by atoms with Gasteiger partial charge in [-0.2, -0.15) is 10.4 Å². The molecule has 1 aromatic heterocycles. The monoisotopic (exact) mass is 342 g/mol. The molecule has 0 unspecified atom stereocenters. The summed E-state index contributed by atoms with van der Waals surface area (Å²) in [5.41, 5.74) is 4.90. The summed E-state index contributed by atoms with van der Waals surface area (Å²) in [4.78, 5) is 22.9. The number of hydrogen-bond acceptors (Lipinski definition) is 6. The van der Waals surface area contributed by atoms with Gasteiger partial charge in [-0.1, -0.05) is 0 Å². The number of nitrogens with two attached hydrogens (primary N) is 1. The Morgan fingerprint density at radius 1 is 1.57 bits per heavy atom. The molecule has 2 rings (SSSR count). The number of nitrogens with one attached hydrogen (secondary N) is 2. The molecule has 10 heteroatoms. The van der Waals surface area contributed by atoms with Crippen molar-refractivity contribution in [3.63, 3.8) is 0 Å². The Balaban J connectivity index is 0.00000264. The Labute approximate surface area is 139 Å². The van der Waals surface area contributed by atoms with Crippen molar-refractivity contribution in [2.75, 3.05) is 25.5 Å². The first kappa shape index (κ1) is 18.7. The van der Waals surface area contributed by atoms with Crippen LogP contribution in [0.1, 0.15) is 29.6 Å². The summed E-state index contributed by atoms with van der Waals surface area (Å²) < 4.78 is 6.07. The molecule has 126 valence electrons. The minimum Gasteiger partial charge on any atom is -0.453 e. The van der Waals surface area contributed by atoms with Crippen molar-refractivity contribution in [1.82, 2.24) is 15.1 Å². The van der Waals surface area contributed by atoms with Gasteiger partial charge in [0.05, 0.1) is 25.1 Å². The van der Waals surface area contributed by atoms with E-state index in [1.807, 2.05) is 0 Å². The molecule has 2 heterocycles. The standard InChI is InChI=1S/C13H18N6O3.ClH/c1-22-12(21)17-11-9(10(15)20)8-19(18-11)13(2-5-14)3-6-16-7-4-13;/h8,16H,2-4,6-7H2,1H3,(H2,15,20)(H,17,18,21);1H. The molecular formula is C13H19ClN6O3. The minimum atomic E-state index is -0.743. The fourth-order valence-corrected chi connectivity index (χ4v) is 2.56. The number of hydrogen-bond donors (Lipinski definition) is 3. The number of aromatic nitrogens is 2. The number of anilines is 1. The van der Waals surface area contributed by atoms with E-state index in [0.29, 0.717) is 12.8 Å². The van der Waals surface area contributed by atoms with Crippen molar-refractivity contribution in [2.45, 2.75) is 24.8 Å². The number of carbonyl (C=O) groups excluding carboxylic acids is 2. The third-order valence-electron chi connectivity index (χ3n) is 3.81. The molecule has 4 N–H and O–H groups in total. The summed E-state index contributed by atoms with van der Waals surface area (Å²) in [6.45, 7) is 1.49. The zero-order valence-corrected chi connectivity index (χ0v) is 13.5. The number of halogens is 1. The molecule has 1 aliphatic heterocycles. The number of nitrogens with zero attached hydrogens (tertiary/aromatic N) is 3. The second-order valence-corrected chi connectivity index (χ2v) is 5.13. The van der Waals surface area contributed by atoms with Gasteiger partial charge in [0.1, 0.15) is 5.56 Å². The molecule has 0 bridgehead atoms. The molecule has 2 amide bonds. The first-order chi connectivity index (χ1) is 10.5. The van der Waals surface area contributed by atoms with Crippen LogP contribution in [-0.2, 0) is 10.3 Å². The maximum Gasteiger partial charge on any atom is 0.412 e. The highest BCUT2D eigenvalue weighted by atomic mass is 35.5. The third-order valence-corrected chi connectivity index (χ3v) is 3.81. The van der Waals surface area contributed by atoms with E-state index in [9.17, 15) is 9.59 Å². The Hall–Kier alpha value is -2.31. The largest absolute Gasteiger partial charge is 0.453 e. The van der Waals surface area contributed by atoms with Crippen LogP contribution >= 0.6 is 12.4 Å². The second-order valence-electron chi connectivity index (χ2n) is 5.13. The van der Waals surface area contributed by atoms with Gasteiger partial charge >= 0.3 is 6.09 Å². The van der Waals surface area contributed by atoms with Crippen LogP contribution < -0.4 is 16.4 Å². The number of rotatable bonds is 4. The van der Waals surface area contributed by atoms with E-state index >= 15 is 0 Å². The number of piperidine rings is 1. The molecule has 0 spiro atoms. The average Bonchev–Trinajstić information content (AvgIpc) is 2.93. The molecular weight excluding hydrogens is 324 g/mol. The summed E-state index contributed by atoms with van der Waals surface area (Å²) in [6.07, 6.45) is 2.38. The molecule has 0 saturated carbocycles. The van der Waals surface area contributed by atoms with Gasteiger partial charge in [0.2, 0.25) is 0 Å². The van der Waals surface area contributed by atoms with E-state index in [-0.39, 0.29) is 30.2 Å². The summed E-state index contributed by atoms with van der Waals surface area (Å²) in [5.74, 6) is -0.672. The fraction of sp³-hybridized carbons (Fsp3) is 0.538. The van der Waals surface area contributed by atoms with E-state index in [4.69, 9.17) is 11.0 Å². The molecule has 0 atom stereocenters. The summed E-state index contributed by atoms with van der Waals surface area (Å²) >= 11 is 0. The minimum absolute atomic E-state index is 0. The van der Waals surface area contributed by atoms with Gasteiger partial charge in [-0.15, -0.1) is 12.4 Å². The third kappa shape index (κ3) is 3.91. The Morgan fingerprint density at radius 3 is 2.74 bits per heavy atom. The number of ether oxygens (including phenoxy) is 1. The van der Waals surface area contributed by atoms with E-state index in [1.54, 1.807) is 4.68 Å². The van der Waals surface area contributed by atoms with Gasteiger partial charge in [0, 0.05) is 6.20 Å². The summed E-state index contributed by atoms with van der Waals surface area (Å²) in [7, 11) is 1.21. The predicted molar refractivity (Wildman–Crippen MR) is 84.3 cm³/mol. The normalized spacial score (nSPS) is 15.8. The molecule has 9 nitrogen and oxygen atoms in total. The summed E-state index contributed by atoms with van der Waals surface area (Å²) in [5, 5.41) is 19.0. The molecule has 0 radical (unpaired) electrons. The first-order valence-corrected chi connectivity index (χ1v) is 6.85. The van der Waals surface area contributed by atoms with Gasteiger partial charge in [-0.05, 0) is 25.9 Å². The van der Waals surface area contributed by atoms with Crippen molar-refractivity contribution in [3.05, 3.63) is 11.8 Å². The maximum atomic E-state index is 11.5. The lowest BCUT2D eigenvalue weighted by molar-refractivity contribution is 0.100. The number of amides is 2. The SMILES string of the molecule is COC(=O)Nc1nn(C2(CC#N)CCNCC2)cc1C(N)=O.Cl. The van der Waals surface area contributed by atoms with Crippen molar-refractivity contribution in [1.29, 1.82) is 5.26 Å². The van der Waals surface area contributed by atoms with E-state index in [1.165, 1.54) is 13.3 Å². The molecule has 1 saturated heterocycles.